The summed E-state index contributed by atoms with van der Waals surface area (Å²) >= 11 is 3.64. The Morgan fingerprint density at radius 2 is 1.97 bits per heavy atom. The zero-order valence-electron chi connectivity index (χ0n) is 21.9. The molecule has 2 amide bonds. The van der Waals surface area contributed by atoms with Crippen LogP contribution in [-0.2, 0) is 14.3 Å². The van der Waals surface area contributed by atoms with E-state index in [2.05, 4.69) is 29.8 Å². The average molecular weight is 554 g/mol. The van der Waals surface area contributed by atoms with Gasteiger partial charge >= 0.3 is 0 Å². The van der Waals surface area contributed by atoms with Crippen LogP contribution in [-0.4, -0.2) is 67.9 Å². The van der Waals surface area contributed by atoms with E-state index in [1.807, 2.05) is 24.0 Å². The summed E-state index contributed by atoms with van der Waals surface area (Å²) in [5.74, 6) is 0.427. The van der Waals surface area contributed by atoms with Gasteiger partial charge in [0, 0.05) is 43.4 Å². The molecule has 7 nitrogen and oxygen atoms in total. The maximum absolute atomic E-state index is 13.9. The number of anilines is 1. The molecule has 1 aromatic rings. The number of hydrogen-bond donors (Lipinski definition) is 0. The lowest BCUT2D eigenvalue weighted by Crippen LogP contribution is -2.57. The Labute approximate surface area is 218 Å². The van der Waals surface area contributed by atoms with Gasteiger partial charge in [-0.05, 0) is 81.4 Å². The van der Waals surface area contributed by atoms with Crippen molar-refractivity contribution in [2.24, 2.45) is 0 Å². The van der Waals surface area contributed by atoms with Gasteiger partial charge in [-0.25, -0.2) is 0 Å². The van der Waals surface area contributed by atoms with E-state index < -0.39 is 5.60 Å². The van der Waals surface area contributed by atoms with E-state index in [9.17, 15) is 9.59 Å². The molecule has 0 saturated heterocycles. The molecule has 196 valence electrons. The fourth-order valence-corrected chi connectivity index (χ4v) is 5.62. The molecule has 35 heavy (non-hydrogen) atoms. The number of methoxy groups -OCH3 is 1. The number of unbranched alkanes of at least 4 members (excludes halogenated alkanes) is 1. The van der Waals surface area contributed by atoms with Crippen LogP contribution in [0.3, 0.4) is 0 Å². The lowest BCUT2D eigenvalue weighted by atomic mass is 9.92. The minimum absolute atomic E-state index is 0.00370. The van der Waals surface area contributed by atoms with E-state index in [1.165, 1.54) is 6.42 Å². The molecule has 0 radical (unpaired) electrons. The highest BCUT2D eigenvalue weighted by molar-refractivity contribution is 9.10. The number of rotatable bonds is 11. The van der Waals surface area contributed by atoms with Crippen LogP contribution in [0, 0.1) is 0 Å². The van der Waals surface area contributed by atoms with E-state index in [4.69, 9.17) is 14.2 Å². The highest BCUT2D eigenvalue weighted by atomic mass is 79.9. The van der Waals surface area contributed by atoms with Crippen LogP contribution >= 0.6 is 15.9 Å². The second-order valence-corrected chi connectivity index (χ2v) is 10.9. The number of halogens is 1. The van der Waals surface area contributed by atoms with Gasteiger partial charge in [0.25, 0.3) is 11.8 Å². The zero-order valence-corrected chi connectivity index (χ0v) is 23.5. The number of hydrogen-bond acceptors (Lipinski definition) is 5. The van der Waals surface area contributed by atoms with Crippen LogP contribution < -0.4 is 9.64 Å². The Bertz CT molecular complexity index is 887. The number of ether oxygens (including phenoxy) is 3. The minimum atomic E-state index is -1.12. The van der Waals surface area contributed by atoms with Gasteiger partial charge in [-0.2, -0.15) is 0 Å². The van der Waals surface area contributed by atoms with Crippen molar-refractivity contribution in [1.82, 2.24) is 4.90 Å². The zero-order chi connectivity index (χ0) is 25.6. The van der Waals surface area contributed by atoms with Gasteiger partial charge in [0.2, 0.25) is 5.60 Å². The molecule has 2 aliphatic rings. The quantitative estimate of drug-likeness (QED) is 0.335. The SMILES string of the molecule is CCOCC1(C)Oc2cc(Br)c(C(=O)N(C(C)C)C3CCCCC3)cc2N(CCCCOC)C1=O. The molecule has 1 saturated carbocycles. The number of fused-ring (bicyclic) bond motifs is 1. The maximum Gasteiger partial charge on any atom is 0.273 e. The molecule has 8 heteroatoms. The smallest absolute Gasteiger partial charge is 0.273 e. The average Bonchev–Trinajstić information content (AvgIpc) is 2.83. The highest BCUT2D eigenvalue weighted by Crippen LogP contribution is 2.42. The third-order valence-electron chi connectivity index (χ3n) is 6.92. The van der Waals surface area contributed by atoms with Crippen LogP contribution in [0.25, 0.3) is 0 Å². The fraction of sp³-hybridized carbons (Fsp3) is 0.704. The van der Waals surface area contributed by atoms with Gasteiger partial charge in [-0.3, -0.25) is 9.59 Å². The van der Waals surface area contributed by atoms with E-state index in [1.54, 1.807) is 18.9 Å². The van der Waals surface area contributed by atoms with Crippen molar-refractivity contribution in [3.05, 3.63) is 22.2 Å². The molecule has 1 aliphatic heterocycles. The summed E-state index contributed by atoms with van der Waals surface area (Å²) < 4.78 is 17.7. The van der Waals surface area contributed by atoms with E-state index >= 15 is 0 Å². The molecule has 0 N–H and O–H groups in total. The van der Waals surface area contributed by atoms with Crippen LogP contribution in [0.15, 0.2) is 16.6 Å². The first-order valence-electron chi connectivity index (χ1n) is 13.0. The second kappa shape index (κ2) is 12.5. The second-order valence-electron chi connectivity index (χ2n) is 10.0. The lowest BCUT2D eigenvalue weighted by molar-refractivity contribution is -0.139. The summed E-state index contributed by atoms with van der Waals surface area (Å²) in [5, 5.41) is 0. The molecule has 1 aromatic carbocycles. The van der Waals surface area contributed by atoms with E-state index in [-0.39, 0.29) is 30.5 Å². The summed E-state index contributed by atoms with van der Waals surface area (Å²) in [6, 6.07) is 4.00. The normalized spacial score (nSPS) is 20.7. The van der Waals surface area contributed by atoms with Gasteiger partial charge < -0.3 is 24.0 Å². The Balaban J connectivity index is 1.98. The number of carbonyl (C=O) groups excluding carboxylic acids is 2. The molecular weight excluding hydrogens is 512 g/mol. The molecule has 0 spiro atoms. The van der Waals surface area contributed by atoms with Crippen LogP contribution in [0.5, 0.6) is 5.75 Å². The molecule has 1 unspecified atom stereocenters. The Hall–Kier alpha value is -1.64. The summed E-state index contributed by atoms with van der Waals surface area (Å²) in [5.41, 5.74) is 0.0800. The van der Waals surface area contributed by atoms with Crippen molar-refractivity contribution in [1.29, 1.82) is 0 Å². The fourth-order valence-electron chi connectivity index (χ4n) is 5.13. The van der Waals surface area contributed by atoms with Gasteiger partial charge in [0.1, 0.15) is 5.75 Å². The largest absolute Gasteiger partial charge is 0.473 e. The molecule has 0 bridgehead atoms. The minimum Gasteiger partial charge on any atom is -0.473 e. The summed E-state index contributed by atoms with van der Waals surface area (Å²) in [4.78, 5) is 31.3. The number of benzene rings is 1. The Morgan fingerprint density at radius 1 is 1.26 bits per heavy atom. The third kappa shape index (κ3) is 6.38. The van der Waals surface area contributed by atoms with Crippen molar-refractivity contribution >= 4 is 33.4 Å². The highest BCUT2D eigenvalue weighted by Gasteiger charge is 2.45. The monoisotopic (exact) mass is 552 g/mol. The summed E-state index contributed by atoms with van der Waals surface area (Å²) in [6.45, 7) is 9.64. The van der Waals surface area contributed by atoms with Crippen molar-refractivity contribution in [3.8, 4) is 5.75 Å². The topological polar surface area (TPSA) is 68.3 Å². The first-order chi connectivity index (χ1) is 16.7. The van der Waals surface area contributed by atoms with Gasteiger partial charge in [-0.1, -0.05) is 19.3 Å². The predicted molar refractivity (Wildman–Crippen MR) is 141 cm³/mol. The predicted octanol–water partition coefficient (Wildman–Crippen LogP) is 5.58. The Morgan fingerprint density at radius 3 is 2.60 bits per heavy atom. The van der Waals surface area contributed by atoms with Crippen LogP contribution in [0.2, 0.25) is 0 Å². The van der Waals surface area contributed by atoms with Crippen molar-refractivity contribution in [2.45, 2.75) is 90.3 Å². The van der Waals surface area contributed by atoms with Crippen molar-refractivity contribution in [2.75, 3.05) is 38.4 Å². The van der Waals surface area contributed by atoms with Gasteiger partial charge in [-0.15, -0.1) is 0 Å². The molecule has 1 atom stereocenters. The van der Waals surface area contributed by atoms with Crippen molar-refractivity contribution < 1.29 is 23.8 Å². The van der Waals surface area contributed by atoms with Crippen LogP contribution in [0.1, 0.15) is 83.0 Å². The summed E-state index contributed by atoms with van der Waals surface area (Å²) in [6.07, 6.45) is 7.24. The van der Waals surface area contributed by atoms with Crippen LogP contribution in [0.4, 0.5) is 5.69 Å². The lowest BCUT2D eigenvalue weighted by Gasteiger charge is -2.41. The molecule has 3 rings (SSSR count). The number of nitrogens with zero attached hydrogens (tertiary/aromatic N) is 2. The first kappa shape index (κ1) is 27.9. The first-order valence-corrected chi connectivity index (χ1v) is 13.8. The summed E-state index contributed by atoms with van der Waals surface area (Å²) in [7, 11) is 1.68. The maximum atomic E-state index is 13.9. The number of carbonyl (C=O) groups is 2. The number of amides is 2. The third-order valence-corrected chi connectivity index (χ3v) is 7.58. The van der Waals surface area contributed by atoms with Crippen molar-refractivity contribution in [3.63, 3.8) is 0 Å². The van der Waals surface area contributed by atoms with E-state index in [0.717, 1.165) is 38.5 Å². The van der Waals surface area contributed by atoms with E-state index in [0.29, 0.717) is 41.2 Å². The molecule has 1 fully saturated rings. The molecule has 0 aromatic heterocycles. The molecular formula is C27H41BrN2O5. The van der Waals surface area contributed by atoms with Gasteiger partial charge in [0.15, 0.2) is 0 Å². The molecule has 1 aliphatic carbocycles. The Kier molecular flexibility index (Phi) is 10.0. The standard InChI is InChI=1S/C27H41BrN2O5/c1-6-34-18-27(4)26(32)29(14-10-11-15-33-5)23-16-21(22(28)17-24(23)35-27)25(31)30(19(2)3)20-12-8-7-9-13-20/h16-17,19-20H,6-15,18H2,1-5H3. The molecule has 1 heterocycles. The van der Waals surface area contributed by atoms with Gasteiger partial charge in [0.05, 0.1) is 17.9 Å².